The Bertz CT molecular complexity index is 816. The lowest BCUT2D eigenvalue weighted by molar-refractivity contribution is 0.0165. The number of alkyl halides is 4. The van der Waals surface area contributed by atoms with Crippen LogP contribution in [0.4, 0.5) is 17.6 Å². The second-order valence-corrected chi connectivity index (χ2v) is 6.41. The number of halogens is 5. The van der Waals surface area contributed by atoms with E-state index in [0.717, 1.165) is 0 Å². The standard InChI is InChI=1S/C15H8ClF4NO2S/c16-7-3-8(6-21-5-7)23-10-1-2-11(24-14(17)18)12-9(10)4-15(19,20)13(12)22/h1-3,5-6,14H,4H2. The Labute approximate surface area is 143 Å². The molecule has 9 heteroatoms. The number of aromatic nitrogens is 1. The van der Waals surface area contributed by atoms with E-state index < -0.39 is 29.4 Å². The first-order valence-corrected chi connectivity index (χ1v) is 7.85. The fraction of sp³-hybridized carbons (Fsp3) is 0.200. The van der Waals surface area contributed by atoms with Crippen LogP contribution in [0.3, 0.4) is 0 Å². The minimum absolute atomic E-state index is 0.0155. The second-order valence-electron chi connectivity index (χ2n) is 4.95. The van der Waals surface area contributed by atoms with Gasteiger partial charge < -0.3 is 4.74 Å². The van der Waals surface area contributed by atoms with Crippen molar-refractivity contribution in [1.82, 2.24) is 4.98 Å². The summed E-state index contributed by atoms with van der Waals surface area (Å²) in [5.74, 6) is -7.79. The van der Waals surface area contributed by atoms with E-state index in [4.69, 9.17) is 16.3 Å². The summed E-state index contributed by atoms with van der Waals surface area (Å²) in [6, 6.07) is 3.86. The van der Waals surface area contributed by atoms with E-state index in [1.807, 2.05) is 0 Å². The minimum atomic E-state index is -3.65. The number of benzene rings is 1. The number of carbonyl (C=O) groups excluding carboxylic acids is 1. The van der Waals surface area contributed by atoms with Crippen molar-refractivity contribution in [2.24, 2.45) is 0 Å². The first-order valence-electron chi connectivity index (χ1n) is 6.59. The Hall–Kier alpha value is -1.80. The molecule has 0 radical (unpaired) electrons. The van der Waals surface area contributed by atoms with Gasteiger partial charge in [0.25, 0.3) is 5.76 Å². The molecule has 1 aliphatic carbocycles. The SMILES string of the molecule is O=C1c2c(SC(F)F)ccc(Oc3cncc(Cl)c3)c2CC1(F)F. The third kappa shape index (κ3) is 3.21. The summed E-state index contributed by atoms with van der Waals surface area (Å²) < 4.78 is 58.3. The van der Waals surface area contributed by atoms with Gasteiger partial charge in [-0.2, -0.15) is 17.6 Å². The fourth-order valence-electron chi connectivity index (χ4n) is 2.38. The molecule has 0 N–H and O–H groups in total. The summed E-state index contributed by atoms with van der Waals surface area (Å²) in [4.78, 5) is 15.5. The molecule has 2 aromatic rings. The molecule has 0 saturated carbocycles. The van der Waals surface area contributed by atoms with Crippen LogP contribution < -0.4 is 4.74 Å². The molecule has 0 fully saturated rings. The predicted molar refractivity (Wildman–Crippen MR) is 80.6 cm³/mol. The van der Waals surface area contributed by atoms with Crippen LogP contribution >= 0.6 is 23.4 Å². The summed E-state index contributed by atoms with van der Waals surface area (Å²) in [5.41, 5.74) is -0.520. The van der Waals surface area contributed by atoms with E-state index in [2.05, 4.69) is 4.98 Å². The number of rotatable bonds is 4. The Balaban J connectivity index is 2.05. The maximum absolute atomic E-state index is 13.8. The van der Waals surface area contributed by atoms with Crippen LogP contribution in [-0.4, -0.2) is 22.4 Å². The van der Waals surface area contributed by atoms with Crippen molar-refractivity contribution in [2.45, 2.75) is 23.0 Å². The van der Waals surface area contributed by atoms with Crippen molar-refractivity contribution in [3.8, 4) is 11.5 Å². The highest BCUT2D eigenvalue weighted by Crippen LogP contribution is 2.45. The molecule has 0 amide bonds. The van der Waals surface area contributed by atoms with Crippen molar-refractivity contribution in [2.75, 3.05) is 0 Å². The number of carbonyl (C=O) groups is 1. The summed E-state index contributed by atoms with van der Waals surface area (Å²) in [5, 5.41) is 0.274. The largest absolute Gasteiger partial charge is 0.455 e. The van der Waals surface area contributed by atoms with Gasteiger partial charge in [0.2, 0.25) is 5.78 Å². The van der Waals surface area contributed by atoms with Gasteiger partial charge in [0.05, 0.1) is 11.2 Å². The van der Waals surface area contributed by atoms with E-state index in [1.165, 1.54) is 30.6 Å². The number of thioether (sulfide) groups is 1. The predicted octanol–water partition coefficient (Wildman–Crippen LogP) is 5.22. The molecule has 0 aliphatic heterocycles. The van der Waals surface area contributed by atoms with E-state index in [9.17, 15) is 22.4 Å². The van der Waals surface area contributed by atoms with Gasteiger partial charge in [-0.3, -0.25) is 9.78 Å². The monoisotopic (exact) mass is 377 g/mol. The van der Waals surface area contributed by atoms with Gasteiger partial charge in [0.15, 0.2) is 0 Å². The van der Waals surface area contributed by atoms with E-state index in [-0.39, 0.29) is 38.7 Å². The van der Waals surface area contributed by atoms with Gasteiger partial charge in [-0.15, -0.1) is 0 Å². The number of hydrogen-bond acceptors (Lipinski definition) is 4. The smallest absolute Gasteiger partial charge is 0.313 e. The van der Waals surface area contributed by atoms with Gasteiger partial charge in [-0.1, -0.05) is 23.4 Å². The number of Topliss-reactive ketones (excluding diaryl/α,β-unsaturated/α-hetero) is 1. The van der Waals surface area contributed by atoms with Crippen molar-refractivity contribution in [3.63, 3.8) is 0 Å². The molecule has 0 unspecified atom stereocenters. The molecule has 0 spiro atoms. The molecule has 0 bridgehead atoms. The maximum atomic E-state index is 13.8. The highest BCUT2D eigenvalue weighted by molar-refractivity contribution is 7.99. The normalized spacial score (nSPS) is 15.7. The van der Waals surface area contributed by atoms with Crippen LogP contribution in [0.2, 0.25) is 5.02 Å². The van der Waals surface area contributed by atoms with Crippen LogP contribution in [0, 0.1) is 0 Å². The fourth-order valence-corrected chi connectivity index (χ4v) is 3.22. The zero-order valence-corrected chi connectivity index (χ0v) is 13.3. The van der Waals surface area contributed by atoms with Crippen molar-refractivity contribution >= 4 is 29.1 Å². The molecule has 1 aromatic heterocycles. The number of nitrogens with zero attached hydrogens (tertiary/aromatic N) is 1. The van der Waals surface area contributed by atoms with Crippen molar-refractivity contribution in [1.29, 1.82) is 0 Å². The molecule has 3 rings (SSSR count). The summed E-state index contributed by atoms with van der Waals surface area (Å²) >= 11 is 5.83. The lowest BCUT2D eigenvalue weighted by Crippen LogP contribution is -2.24. The number of ketones is 1. The van der Waals surface area contributed by atoms with Crippen molar-refractivity contribution in [3.05, 3.63) is 46.7 Å². The Morgan fingerprint density at radius 2 is 2.04 bits per heavy atom. The third-order valence-electron chi connectivity index (χ3n) is 3.31. The molecule has 1 heterocycles. The number of pyridine rings is 1. The lowest BCUT2D eigenvalue weighted by Gasteiger charge is -2.12. The van der Waals surface area contributed by atoms with E-state index >= 15 is 0 Å². The highest BCUT2D eigenvalue weighted by atomic mass is 35.5. The summed E-state index contributed by atoms with van der Waals surface area (Å²) in [7, 11) is 0. The molecule has 126 valence electrons. The van der Waals surface area contributed by atoms with E-state index in [1.54, 1.807) is 0 Å². The zero-order chi connectivity index (χ0) is 17.5. The second kappa shape index (κ2) is 6.25. The van der Waals surface area contributed by atoms with Crippen LogP contribution in [-0.2, 0) is 6.42 Å². The highest BCUT2D eigenvalue weighted by Gasteiger charge is 2.49. The number of fused-ring (bicyclic) bond motifs is 1. The Morgan fingerprint density at radius 3 is 2.71 bits per heavy atom. The van der Waals surface area contributed by atoms with Gasteiger partial charge in [0.1, 0.15) is 11.5 Å². The first kappa shape index (κ1) is 17.0. The lowest BCUT2D eigenvalue weighted by atomic mass is 10.1. The zero-order valence-electron chi connectivity index (χ0n) is 11.7. The van der Waals surface area contributed by atoms with Gasteiger partial charge in [-0.05, 0) is 12.1 Å². The molecule has 24 heavy (non-hydrogen) atoms. The molecule has 0 saturated heterocycles. The number of hydrogen-bond donors (Lipinski definition) is 0. The Morgan fingerprint density at radius 1 is 1.29 bits per heavy atom. The van der Waals surface area contributed by atoms with Gasteiger partial charge in [0, 0.05) is 34.7 Å². The van der Waals surface area contributed by atoms with Gasteiger partial charge >= 0.3 is 5.92 Å². The average Bonchev–Trinajstić information content (AvgIpc) is 2.72. The topological polar surface area (TPSA) is 39.2 Å². The summed E-state index contributed by atoms with van der Waals surface area (Å²) in [6.07, 6.45) is 1.77. The molecular weight excluding hydrogens is 370 g/mol. The summed E-state index contributed by atoms with van der Waals surface area (Å²) in [6.45, 7) is 0. The van der Waals surface area contributed by atoms with Crippen molar-refractivity contribution < 1.29 is 27.1 Å². The third-order valence-corrected chi connectivity index (χ3v) is 4.29. The van der Waals surface area contributed by atoms with Crippen LogP contribution in [0.15, 0.2) is 35.5 Å². The van der Waals surface area contributed by atoms with Crippen LogP contribution in [0.25, 0.3) is 0 Å². The maximum Gasteiger partial charge on any atom is 0.313 e. The Kier molecular flexibility index (Phi) is 4.44. The van der Waals surface area contributed by atoms with Gasteiger partial charge in [-0.25, -0.2) is 0 Å². The number of ether oxygens (including phenoxy) is 1. The van der Waals surface area contributed by atoms with Crippen LogP contribution in [0.1, 0.15) is 15.9 Å². The molecule has 1 aromatic carbocycles. The molecule has 0 atom stereocenters. The first-order chi connectivity index (χ1) is 11.3. The van der Waals surface area contributed by atoms with E-state index in [0.29, 0.717) is 0 Å². The average molecular weight is 378 g/mol. The molecule has 3 nitrogen and oxygen atoms in total. The quantitative estimate of drug-likeness (QED) is 0.541. The molecular formula is C15H8ClF4NO2S. The molecule has 1 aliphatic rings. The van der Waals surface area contributed by atoms with Crippen LogP contribution in [0.5, 0.6) is 11.5 Å². The minimum Gasteiger partial charge on any atom is -0.455 e.